The van der Waals surface area contributed by atoms with E-state index in [9.17, 15) is 0 Å². The molecule has 5 atom stereocenters. The van der Waals surface area contributed by atoms with Crippen molar-refractivity contribution in [1.29, 1.82) is 0 Å². The Balaban J connectivity index is 1.41. The largest absolute Gasteiger partial charge is 0.296 e. The SMILES string of the molecule is C1CCC2C(C1)CCCN2C1[C]2CC3CC(C2)CC1C3. The maximum absolute atomic E-state index is 3.06. The fourth-order valence-electron chi connectivity index (χ4n) is 7.12. The number of fused-ring (bicyclic) bond motifs is 1. The van der Waals surface area contributed by atoms with E-state index in [1.165, 1.54) is 45.1 Å². The van der Waals surface area contributed by atoms with Gasteiger partial charge < -0.3 is 0 Å². The van der Waals surface area contributed by atoms with Crippen LogP contribution in [-0.2, 0) is 0 Å². The van der Waals surface area contributed by atoms with Crippen molar-refractivity contribution in [3.05, 3.63) is 5.92 Å². The van der Waals surface area contributed by atoms with E-state index in [1.807, 2.05) is 5.92 Å². The van der Waals surface area contributed by atoms with Crippen LogP contribution in [0.5, 0.6) is 0 Å². The second-order valence-electron chi connectivity index (χ2n) is 8.70. The summed E-state index contributed by atoms with van der Waals surface area (Å²) in [4.78, 5) is 3.06. The molecule has 1 aliphatic heterocycles. The highest BCUT2D eigenvalue weighted by Crippen LogP contribution is 2.57. The Kier molecular flexibility index (Phi) is 2.96. The Morgan fingerprint density at radius 2 is 1.50 bits per heavy atom. The summed E-state index contributed by atoms with van der Waals surface area (Å²) in [5.41, 5.74) is 0. The lowest BCUT2D eigenvalue weighted by Crippen LogP contribution is -2.60. The van der Waals surface area contributed by atoms with Gasteiger partial charge in [0.15, 0.2) is 0 Å². The minimum Gasteiger partial charge on any atom is -0.296 e. The lowest BCUT2D eigenvalue weighted by Gasteiger charge is -2.60. The van der Waals surface area contributed by atoms with Gasteiger partial charge in [-0.2, -0.15) is 0 Å². The van der Waals surface area contributed by atoms with Gasteiger partial charge in [-0.15, -0.1) is 0 Å². The molecule has 1 radical (unpaired) electrons. The molecule has 4 bridgehead atoms. The Morgan fingerprint density at radius 1 is 0.750 bits per heavy atom. The first-order valence-electron chi connectivity index (χ1n) is 9.49. The van der Waals surface area contributed by atoms with Crippen LogP contribution < -0.4 is 0 Å². The molecule has 5 unspecified atom stereocenters. The number of hydrogen-bond donors (Lipinski definition) is 0. The van der Waals surface area contributed by atoms with Crippen LogP contribution in [0.3, 0.4) is 0 Å². The summed E-state index contributed by atoms with van der Waals surface area (Å²) in [7, 11) is 0. The van der Waals surface area contributed by atoms with E-state index in [0.29, 0.717) is 0 Å². The van der Waals surface area contributed by atoms with Gasteiger partial charge in [-0.05, 0) is 93.9 Å². The van der Waals surface area contributed by atoms with Gasteiger partial charge in [-0.1, -0.05) is 12.8 Å². The molecule has 1 saturated heterocycles. The zero-order chi connectivity index (χ0) is 13.1. The maximum Gasteiger partial charge on any atom is 0.0189 e. The van der Waals surface area contributed by atoms with Crippen LogP contribution in [0.25, 0.3) is 0 Å². The highest BCUT2D eigenvalue weighted by Gasteiger charge is 2.52. The molecule has 1 nitrogen and oxygen atoms in total. The Morgan fingerprint density at radius 3 is 2.30 bits per heavy atom. The van der Waals surface area contributed by atoms with Gasteiger partial charge in [0.1, 0.15) is 0 Å². The van der Waals surface area contributed by atoms with E-state index >= 15 is 0 Å². The highest BCUT2D eigenvalue weighted by atomic mass is 15.2. The van der Waals surface area contributed by atoms with Gasteiger partial charge in [0.2, 0.25) is 0 Å². The molecular weight excluding hydrogens is 242 g/mol. The molecule has 0 amide bonds. The zero-order valence-electron chi connectivity index (χ0n) is 12.9. The van der Waals surface area contributed by atoms with Crippen molar-refractivity contribution < 1.29 is 0 Å². The van der Waals surface area contributed by atoms with Gasteiger partial charge in [0, 0.05) is 12.1 Å². The predicted molar refractivity (Wildman–Crippen MR) is 82.3 cm³/mol. The molecular formula is C19H30N. The number of piperidine rings is 1. The van der Waals surface area contributed by atoms with Crippen molar-refractivity contribution in [3.63, 3.8) is 0 Å². The maximum atomic E-state index is 3.06. The van der Waals surface area contributed by atoms with Crippen LogP contribution in [0.1, 0.15) is 70.6 Å². The van der Waals surface area contributed by atoms with E-state index in [2.05, 4.69) is 4.90 Å². The van der Waals surface area contributed by atoms with Crippen molar-refractivity contribution in [2.24, 2.45) is 23.7 Å². The van der Waals surface area contributed by atoms with Crippen molar-refractivity contribution in [3.8, 4) is 0 Å². The minimum atomic E-state index is 0.939. The van der Waals surface area contributed by atoms with E-state index < -0.39 is 0 Å². The molecule has 0 aromatic heterocycles. The summed E-state index contributed by atoms with van der Waals surface area (Å²) >= 11 is 0. The van der Waals surface area contributed by atoms with Crippen molar-refractivity contribution in [2.75, 3.05) is 6.54 Å². The fraction of sp³-hybridized carbons (Fsp3) is 0.947. The molecule has 0 N–H and O–H groups in total. The molecule has 1 heteroatoms. The summed E-state index contributed by atoms with van der Waals surface area (Å²) in [6.45, 7) is 1.43. The van der Waals surface area contributed by atoms with Crippen molar-refractivity contribution in [1.82, 2.24) is 4.90 Å². The smallest absolute Gasteiger partial charge is 0.0189 e. The zero-order valence-corrected chi connectivity index (χ0v) is 12.9. The third-order valence-electron chi connectivity index (χ3n) is 7.55. The fourth-order valence-corrected chi connectivity index (χ4v) is 7.12. The minimum absolute atomic E-state index is 0.939. The van der Waals surface area contributed by atoms with Crippen LogP contribution in [0.4, 0.5) is 0 Å². The van der Waals surface area contributed by atoms with Crippen LogP contribution >= 0.6 is 0 Å². The van der Waals surface area contributed by atoms with E-state index in [1.54, 1.807) is 32.1 Å². The number of rotatable bonds is 1. The summed E-state index contributed by atoms with van der Waals surface area (Å²) in [5, 5.41) is 0. The standard InChI is InChI=1S/C19H30N/c1-2-6-18-15(4-1)5-3-7-20(18)19-16-9-13-8-14(11-16)12-17(19)10-13/h13-16,18-19H,1-12H2. The summed E-state index contributed by atoms with van der Waals surface area (Å²) in [5.74, 6) is 6.35. The van der Waals surface area contributed by atoms with Gasteiger partial charge >= 0.3 is 0 Å². The van der Waals surface area contributed by atoms with E-state index in [0.717, 1.165) is 35.8 Å². The average molecular weight is 272 g/mol. The molecule has 1 heterocycles. The second-order valence-corrected chi connectivity index (χ2v) is 8.70. The number of hydrogen-bond acceptors (Lipinski definition) is 1. The van der Waals surface area contributed by atoms with Gasteiger partial charge in [-0.3, -0.25) is 4.90 Å². The molecule has 5 saturated carbocycles. The Labute approximate surface area is 124 Å². The van der Waals surface area contributed by atoms with Crippen molar-refractivity contribution >= 4 is 0 Å². The average Bonchev–Trinajstić information content (AvgIpc) is 2.46. The number of nitrogens with zero attached hydrogens (tertiary/aromatic N) is 1. The topological polar surface area (TPSA) is 3.24 Å². The lowest BCUT2D eigenvalue weighted by molar-refractivity contribution is -0.0497. The monoisotopic (exact) mass is 272 g/mol. The van der Waals surface area contributed by atoms with Crippen LogP contribution in [0, 0.1) is 29.6 Å². The Bertz CT molecular complexity index is 346. The first-order valence-corrected chi connectivity index (χ1v) is 9.49. The van der Waals surface area contributed by atoms with Gasteiger partial charge in [0.05, 0.1) is 0 Å². The summed E-state index contributed by atoms with van der Waals surface area (Å²) in [6.07, 6.45) is 16.9. The quantitative estimate of drug-likeness (QED) is 0.683. The molecule has 20 heavy (non-hydrogen) atoms. The third-order valence-corrected chi connectivity index (χ3v) is 7.55. The van der Waals surface area contributed by atoms with Crippen LogP contribution in [0.2, 0.25) is 0 Å². The van der Waals surface area contributed by atoms with E-state index in [-0.39, 0.29) is 0 Å². The van der Waals surface area contributed by atoms with E-state index in [4.69, 9.17) is 0 Å². The predicted octanol–water partition coefficient (Wildman–Crippen LogP) is 4.42. The summed E-state index contributed by atoms with van der Waals surface area (Å²) < 4.78 is 0. The molecule has 6 aliphatic rings. The molecule has 6 rings (SSSR count). The molecule has 5 aliphatic carbocycles. The summed E-state index contributed by atoms with van der Waals surface area (Å²) in [6, 6.07) is 1.92. The molecule has 111 valence electrons. The molecule has 0 spiro atoms. The van der Waals surface area contributed by atoms with Crippen LogP contribution in [0.15, 0.2) is 0 Å². The van der Waals surface area contributed by atoms with Gasteiger partial charge in [-0.25, -0.2) is 0 Å². The van der Waals surface area contributed by atoms with Gasteiger partial charge in [0.25, 0.3) is 0 Å². The highest BCUT2D eigenvalue weighted by molar-refractivity contribution is 5.18. The molecule has 0 aromatic carbocycles. The Hall–Kier alpha value is -0.0400. The van der Waals surface area contributed by atoms with Crippen molar-refractivity contribution in [2.45, 2.75) is 82.7 Å². The second kappa shape index (κ2) is 4.73. The van der Waals surface area contributed by atoms with Crippen LogP contribution in [-0.4, -0.2) is 23.5 Å². The molecule has 6 fully saturated rings. The number of likely N-dealkylation sites (tertiary alicyclic amines) is 1. The first-order chi connectivity index (χ1) is 9.88. The third kappa shape index (κ3) is 1.84. The molecule has 0 aromatic rings. The lowest BCUT2D eigenvalue weighted by atomic mass is 9.53. The first kappa shape index (κ1) is 12.5. The normalized spacial score (nSPS) is 52.2.